The number of benzene rings is 1. The molecule has 0 atom stereocenters. The van der Waals surface area contributed by atoms with Crippen LogP contribution in [0.15, 0.2) is 18.2 Å². The van der Waals surface area contributed by atoms with E-state index in [4.69, 9.17) is 10.6 Å². The summed E-state index contributed by atoms with van der Waals surface area (Å²) in [5.41, 5.74) is 1.28. The molecule has 0 saturated heterocycles. The molecule has 0 spiro atoms. The molecule has 0 fully saturated rings. The van der Waals surface area contributed by atoms with Crippen molar-refractivity contribution in [2.45, 2.75) is 6.42 Å². The zero-order valence-corrected chi connectivity index (χ0v) is 8.68. The smallest absolute Gasteiger partial charge is 0.305 e. The first kappa shape index (κ1) is 12.8. The van der Waals surface area contributed by atoms with Gasteiger partial charge in [0.05, 0.1) is 18.0 Å². The molecule has 0 aliphatic heterocycles. The van der Waals surface area contributed by atoms with E-state index in [0.717, 1.165) is 12.1 Å². The Hall–Kier alpha value is -2.22. The SMILES string of the molecule is NNC(=O)CCOc1ccc([N+](=O)[O-])c(F)c1. The van der Waals surface area contributed by atoms with Crippen LogP contribution in [0.5, 0.6) is 5.75 Å². The molecule has 1 aromatic carbocycles. The zero-order valence-electron chi connectivity index (χ0n) is 8.68. The van der Waals surface area contributed by atoms with Crippen LogP contribution in [0.1, 0.15) is 6.42 Å². The molecule has 1 aromatic rings. The van der Waals surface area contributed by atoms with Crippen LogP contribution in [-0.2, 0) is 4.79 Å². The summed E-state index contributed by atoms with van der Waals surface area (Å²) in [5.74, 6) is 3.53. The Morgan fingerprint density at radius 3 is 2.82 bits per heavy atom. The average molecular weight is 243 g/mol. The van der Waals surface area contributed by atoms with Crippen molar-refractivity contribution in [1.82, 2.24) is 5.43 Å². The first-order valence-corrected chi connectivity index (χ1v) is 4.60. The number of hydrogen-bond donors (Lipinski definition) is 2. The van der Waals surface area contributed by atoms with Crippen LogP contribution in [0, 0.1) is 15.9 Å². The number of carbonyl (C=O) groups is 1. The maximum absolute atomic E-state index is 13.1. The number of hydrogen-bond acceptors (Lipinski definition) is 5. The van der Waals surface area contributed by atoms with Crippen molar-refractivity contribution < 1.29 is 18.8 Å². The topological polar surface area (TPSA) is 107 Å². The van der Waals surface area contributed by atoms with Gasteiger partial charge in [-0.3, -0.25) is 20.3 Å². The van der Waals surface area contributed by atoms with E-state index >= 15 is 0 Å². The lowest BCUT2D eigenvalue weighted by Crippen LogP contribution is -2.31. The predicted octanol–water partition coefficient (Wildman–Crippen LogP) is 0.493. The van der Waals surface area contributed by atoms with Crippen LogP contribution in [-0.4, -0.2) is 17.4 Å². The van der Waals surface area contributed by atoms with Crippen molar-refractivity contribution in [1.29, 1.82) is 0 Å². The van der Waals surface area contributed by atoms with Crippen LogP contribution >= 0.6 is 0 Å². The molecule has 0 saturated carbocycles. The molecule has 0 aliphatic rings. The summed E-state index contributed by atoms with van der Waals surface area (Å²) in [4.78, 5) is 20.2. The highest BCUT2D eigenvalue weighted by Gasteiger charge is 2.14. The second-order valence-electron chi connectivity index (χ2n) is 3.04. The summed E-state index contributed by atoms with van der Waals surface area (Å²) >= 11 is 0. The normalized spacial score (nSPS) is 9.76. The van der Waals surface area contributed by atoms with E-state index in [0.29, 0.717) is 0 Å². The molecule has 7 nitrogen and oxygen atoms in total. The minimum Gasteiger partial charge on any atom is -0.493 e. The lowest BCUT2D eigenvalue weighted by atomic mass is 10.3. The first-order valence-electron chi connectivity index (χ1n) is 4.60. The van der Waals surface area contributed by atoms with Gasteiger partial charge < -0.3 is 4.74 Å². The van der Waals surface area contributed by atoms with E-state index in [1.165, 1.54) is 6.07 Å². The molecule has 0 bridgehead atoms. The number of carbonyl (C=O) groups excluding carboxylic acids is 1. The van der Waals surface area contributed by atoms with Gasteiger partial charge in [0.15, 0.2) is 0 Å². The summed E-state index contributed by atoms with van der Waals surface area (Å²) in [6.45, 7) is 0.000282. The number of nitrogens with zero attached hydrogens (tertiary/aromatic N) is 1. The number of nitro benzene ring substituents is 1. The van der Waals surface area contributed by atoms with Crippen LogP contribution in [0.4, 0.5) is 10.1 Å². The van der Waals surface area contributed by atoms with E-state index in [-0.39, 0.29) is 18.8 Å². The Balaban J connectivity index is 2.59. The van der Waals surface area contributed by atoms with Crippen LogP contribution in [0.2, 0.25) is 0 Å². The third kappa shape index (κ3) is 3.68. The van der Waals surface area contributed by atoms with E-state index in [1.807, 2.05) is 5.43 Å². The van der Waals surface area contributed by atoms with Gasteiger partial charge in [-0.1, -0.05) is 0 Å². The number of amides is 1. The third-order valence-electron chi connectivity index (χ3n) is 1.87. The molecule has 8 heteroatoms. The third-order valence-corrected chi connectivity index (χ3v) is 1.87. The van der Waals surface area contributed by atoms with Crippen LogP contribution < -0.4 is 16.0 Å². The molecular weight excluding hydrogens is 233 g/mol. The molecule has 3 N–H and O–H groups in total. The maximum atomic E-state index is 13.1. The number of hydrazine groups is 1. The van der Waals surface area contributed by atoms with Gasteiger partial charge in [-0.15, -0.1) is 0 Å². The molecular formula is C9H10FN3O4. The summed E-state index contributed by atoms with van der Waals surface area (Å²) in [5, 5.41) is 10.3. The molecule has 0 unspecified atom stereocenters. The first-order chi connectivity index (χ1) is 8.04. The Morgan fingerprint density at radius 2 is 2.29 bits per heavy atom. The molecule has 0 aromatic heterocycles. The number of ether oxygens (including phenoxy) is 1. The molecule has 0 radical (unpaired) electrons. The number of rotatable bonds is 5. The second-order valence-corrected chi connectivity index (χ2v) is 3.04. The molecule has 1 rings (SSSR count). The molecule has 92 valence electrons. The molecule has 1 amide bonds. The summed E-state index contributed by atoms with van der Waals surface area (Å²) in [6.07, 6.45) is 0.00903. The van der Waals surface area contributed by atoms with Crippen LogP contribution in [0.3, 0.4) is 0 Å². The lowest BCUT2D eigenvalue weighted by molar-refractivity contribution is -0.387. The molecule has 0 heterocycles. The Morgan fingerprint density at radius 1 is 1.59 bits per heavy atom. The van der Waals surface area contributed by atoms with E-state index in [1.54, 1.807) is 0 Å². The Kier molecular flexibility index (Phi) is 4.35. The van der Waals surface area contributed by atoms with E-state index in [2.05, 4.69) is 0 Å². The largest absolute Gasteiger partial charge is 0.493 e. The number of halogens is 1. The Labute approximate surface area is 95.5 Å². The molecule has 17 heavy (non-hydrogen) atoms. The van der Waals surface area contributed by atoms with Gasteiger partial charge in [-0.25, -0.2) is 5.84 Å². The van der Waals surface area contributed by atoms with Crippen molar-refractivity contribution in [3.63, 3.8) is 0 Å². The summed E-state index contributed by atoms with van der Waals surface area (Å²) < 4.78 is 18.1. The fourth-order valence-corrected chi connectivity index (χ4v) is 1.06. The van der Waals surface area contributed by atoms with Gasteiger partial charge in [0.2, 0.25) is 11.7 Å². The summed E-state index contributed by atoms with van der Waals surface area (Å²) in [7, 11) is 0. The van der Waals surface area contributed by atoms with Gasteiger partial charge in [-0.05, 0) is 6.07 Å². The standard InChI is InChI=1S/C9H10FN3O4/c10-7-5-6(1-2-8(7)13(15)16)17-4-3-9(14)12-11/h1-2,5H,3-4,11H2,(H,12,14). The van der Waals surface area contributed by atoms with Gasteiger partial charge in [0.1, 0.15) is 5.75 Å². The van der Waals surface area contributed by atoms with Crippen molar-refractivity contribution in [3.05, 3.63) is 34.1 Å². The Bertz CT molecular complexity index is 438. The van der Waals surface area contributed by atoms with Crippen LogP contribution in [0.25, 0.3) is 0 Å². The maximum Gasteiger partial charge on any atom is 0.305 e. The number of nitrogens with two attached hydrogens (primary N) is 1. The quantitative estimate of drug-likeness (QED) is 0.338. The second kappa shape index (κ2) is 5.75. The van der Waals surface area contributed by atoms with Gasteiger partial charge in [-0.2, -0.15) is 4.39 Å². The van der Waals surface area contributed by atoms with Gasteiger partial charge in [0.25, 0.3) is 0 Å². The van der Waals surface area contributed by atoms with Crippen molar-refractivity contribution >= 4 is 11.6 Å². The van der Waals surface area contributed by atoms with Gasteiger partial charge >= 0.3 is 5.69 Å². The average Bonchev–Trinajstić information content (AvgIpc) is 2.28. The predicted molar refractivity (Wildman–Crippen MR) is 55.5 cm³/mol. The lowest BCUT2D eigenvalue weighted by Gasteiger charge is -2.05. The van der Waals surface area contributed by atoms with Crippen molar-refractivity contribution in [3.8, 4) is 5.75 Å². The minimum absolute atomic E-state index is 0.000282. The fraction of sp³-hybridized carbons (Fsp3) is 0.222. The van der Waals surface area contributed by atoms with E-state index in [9.17, 15) is 19.3 Å². The highest BCUT2D eigenvalue weighted by Crippen LogP contribution is 2.22. The highest BCUT2D eigenvalue weighted by molar-refractivity contribution is 5.75. The number of nitrogens with one attached hydrogen (secondary N) is 1. The highest BCUT2D eigenvalue weighted by atomic mass is 19.1. The van der Waals surface area contributed by atoms with Crippen molar-refractivity contribution in [2.75, 3.05) is 6.61 Å². The fourth-order valence-electron chi connectivity index (χ4n) is 1.06. The van der Waals surface area contributed by atoms with Crippen molar-refractivity contribution in [2.24, 2.45) is 5.84 Å². The van der Waals surface area contributed by atoms with E-state index < -0.39 is 22.3 Å². The molecule has 0 aliphatic carbocycles. The number of nitro groups is 1. The minimum atomic E-state index is -0.990. The summed E-state index contributed by atoms with van der Waals surface area (Å²) in [6, 6.07) is 3.13. The monoisotopic (exact) mass is 243 g/mol. The zero-order chi connectivity index (χ0) is 12.8. The van der Waals surface area contributed by atoms with Gasteiger partial charge in [0, 0.05) is 12.1 Å².